The monoisotopic (exact) mass is 510 g/mol. The van der Waals surface area contributed by atoms with E-state index in [-0.39, 0.29) is 27.7 Å². The van der Waals surface area contributed by atoms with Crippen LogP contribution >= 0.6 is 11.8 Å². The van der Waals surface area contributed by atoms with Crippen LogP contribution in [0, 0.1) is 0 Å². The van der Waals surface area contributed by atoms with Crippen molar-refractivity contribution in [1.29, 1.82) is 0 Å². The van der Waals surface area contributed by atoms with Gasteiger partial charge in [0.15, 0.2) is 0 Å². The number of carbonyl (C=O) groups excluding carboxylic acids is 2. The molecule has 36 heavy (non-hydrogen) atoms. The summed E-state index contributed by atoms with van der Waals surface area (Å²) in [7, 11) is 1.97. The predicted molar refractivity (Wildman–Crippen MR) is 138 cm³/mol. The van der Waals surface area contributed by atoms with E-state index in [0.717, 1.165) is 35.4 Å². The van der Waals surface area contributed by atoms with E-state index < -0.39 is 5.97 Å². The number of nitrogens with zero attached hydrogens (tertiary/aromatic N) is 2. The number of rotatable bonds is 8. The fourth-order valence-electron chi connectivity index (χ4n) is 3.18. The third kappa shape index (κ3) is 7.64. The number of carboxylic acid groups (broad SMARTS) is 1. The zero-order valence-corrected chi connectivity index (χ0v) is 20.3. The normalized spacial score (nSPS) is 14.4. The van der Waals surface area contributed by atoms with Crippen molar-refractivity contribution < 1.29 is 29.3 Å². The van der Waals surface area contributed by atoms with Crippen molar-refractivity contribution in [2.75, 3.05) is 30.8 Å². The maximum Gasteiger partial charge on any atom is 0.339 e. The summed E-state index contributed by atoms with van der Waals surface area (Å²) in [5.41, 5.74) is 6.43. The SMILES string of the molecule is CN(CCOc1ccc(CC2SC(=O)NC2=O)cc1)c1ccccn1.Nc1ccc(O)c(C(=O)O)c1. The van der Waals surface area contributed by atoms with Gasteiger partial charge in [0, 0.05) is 18.9 Å². The second-order valence-corrected chi connectivity index (χ2v) is 8.95. The number of nitrogens with one attached hydrogen (secondary N) is 1. The molecule has 1 aromatic heterocycles. The molecular weight excluding hydrogens is 484 g/mol. The number of aromatic hydroxyl groups is 1. The van der Waals surface area contributed by atoms with Gasteiger partial charge >= 0.3 is 5.97 Å². The van der Waals surface area contributed by atoms with Crippen LogP contribution < -0.4 is 20.7 Å². The predicted octanol–water partition coefficient (Wildman–Crippen LogP) is 3.16. The maximum absolute atomic E-state index is 11.6. The molecule has 2 heterocycles. The van der Waals surface area contributed by atoms with Gasteiger partial charge < -0.3 is 25.6 Å². The van der Waals surface area contributed by atoms with E-state index in [1.807, 2.05) is 54.4 Å². The van der Waals surface area contributed by atoms with Gasteiger partial charge in [-0.25, -0.2) is 9.78 Å². The highest BCUT2D eigenvalue weighted by atomic mass is 32.2. The molecule has 1 aliphatic heterocycles. The molecule has 0 spiro atoms. The number of nitrogens with two attached hydrogens (primary N) is 1. The number of hydrogen-bond acceptors (Lipinski definition) is 9. The van der Waals surface area contributed by atoms with Gasteiger partial charge in [0.05, 0.1) is 11.8 Å². The Balaban J connectivity index is 0.000000275. The van der Waals surface area contributed by atoms with Crippen molar-refractivity contribution in [3.8, 4) is 11.5 Å². The molecule has 1 unspecified atom stereocenters. The Kier molecular flexibility index (Phi) is 9.12. The molecule has 0 radical (unpaired) electrons. The van der Waals surface area contributed by atoms with Crippen LogP contribution in [0.1, 0.15) is 15.9 Å². The van der Waals surface area contributed by atoms with Crippen molar-refractivity contribution in [3.05, 3.63) is 78.0 Å². The van der Waals surface area contributed by atoms with Crippen LogP contribution in [0.2, 0.25) is 0 Å². The molecular formula is C25H26N4O6S. The largest absolute Gasteiger partial charge is 0.507 e. The van der Waals surface area contributed by atoms with E-state index in [1.54, 1.807) is 6.20 Å². The fraction of sp³-hybridized carbons (Fsp3) is 0.200. The molecule has 0 aliphatic carbocycles. The van der Waals surface area contributed by atoms with Crippen molar-refractivity contribution in [3.63, 3.8) is 0 Å². The Morgan fingerprint density at radius 2 is 1.92 bits per heavy atom. The average molecular weight is 511 g/mol. The quantitative estimate of drug-likeness (QED) is 0.262. The Hall–Kier alpha value is -4.25. The molecule has 1 saturated heterocycles. The fourth-order valence-corrected chi connectivity index (χ4v) is 4.04. The van der Waals surface area contributed by atoms with Gasteiger partial charge in [0.25, 0.3) is 5.24 Å². The summed E-state index contributed by atoms with van der Waals surface area (Å²) in [6, 6.07) is 17.3. The number of ether oxygens (including phenoxy) is 1. The summed E-state index contributed by atoms with van der Waals surface area (Å²) in [6.45, 7) is 1.27. The van der Waals surface area contributed by atoms with Crippen LogP contribution in [-0.4, -0.2) is 57.8 Å². The minimum absolute atomic E-state index is 0.176. The van der Waals surface area contributed by atoms with Crippen LogP contribution in [0.15, 0.2) is 66.9 Å². The number of likely N-dealkylation sites (N-methyl/N-ethyl adjacent to an activating group) is 1. The lowest BCUT2D eigenvalue weighted by molar-refractivity contribution is -0.118. The van der Waals surface area contributed by atoms with Gasteiger partial charge in [-0.3, -0.25) is 14.9 Å². The highest BCUT2D eigenvalue weighted by molar-refractivity contribution is 8.15. The summed E-state index contributed by atoms with van der Waals surface area (Å²) < 4.78 is 5.75. The molecule has 0 bridgehead atoms. The topological polar surface area (TPSA) is 155 Å². The van der Waals surface area contributed by atoms with Gasteiger partial charge in [-0.15, -0.1) is 0 Å². The molecule has 4 rings (SSSR count). The number of pyridine rings is 1. The number of imide groups is 1. The number of benzene rings is 2. The number of aromatic carboxylic acids is 1. The average Bonchev–Trinajstić information content (AvgIpc) is 3.18. The standard InChI is InChI=1S/C18H19N3O3S.C7H7NO3/c1-21(16-4-2-3-9-19-16)10-11-24-14-7-5-13(6-8-14)12-15-17(22)20-18(23)25-15;8-4-1-2-6(9)5(3-4)7(10)11/h2-9,15H,10-12H2,1H3,(H,20,22,23);1-3,9H,8H2,(H,10,11). The molecule has 0 saturated carbocycles. The van der Waals surface area contributed by atoms with Crippen LogP contribution in [0.3, 0.4) is 0 Å². The first kappa shape index (κ1) is 26.4. The number of amides is 2. The van der Waals surface area contributed by atoms with Gasteiger partial charge in [0.1, 0.15) is 29.5 Å². The highest BCUT2D eigenvalue weighted by Gasteiger charge is 2.31. The van der Waals surface area contributed by atoms with Crippen molar-refractivity contribution in [2.24, 2.45) is 0 Å². The number of aromatic nitrogens is 1. The summed E-state index contributed by atoms with van der Waals surface area (Å²) in [4.78, 5) is 39.5. The third-order valence-corrected chi connectivity index (χ3v) is 6.08. The first-order valence-electron chi connectivity index (χ1n) is 10.9. The maximum atomic E-state index is 11.6. The van der Waals surface area contributed by atoms with E-state index in [9.17, 15) is 14.4 Å². The van der Waals surface area contributed by atoms with Gasteiger partial charge in [-0.05, 0) is 54.4 Å². The van der Waals surface area contributed by atoms with E-state index >= 15 is 0 Å². The van der Waals surface area contributed by atoms with E-state index in [4.69, 9.17) is 20.7 Å². The van der Waals surface area contributed by atoms with Crippen molar-refractivity contribution in [2.45, 2.75) is 11.7 Å². The number of phenols is 1. The molecule has 5 N–H and O–H groups in total. The zero-order chi connectivity index (χ0) is 26.1. The van der Waals surface area contributed by atoms with E-state index in [1.165, 1.54) is 18.2 Å². The summed E-state index contributed by atoms with van der Waals surface area (Å²) in [5, 5.41) is 19.1. The Morgan fingerprint density at radius 1 is 1.17 bits per heavy atom. The second kappa shape index (κ2) is 12.5. The molecule has 1 aliphatic rings. The first-order chi connectivity index (χ1) is 17.2. The van der Waals surface area contributed by atoms with Crippen LogP contribution in [0.5, 0.6) is 11.5 Å². The third-order valence-electron chi connectivity index (χ3n) is 5.10. The lowest BCUT2D eigenvalue weighted by Gasteiger charge is -2.18. The van der Waals surface area contributed by atoms with Crippen molar-refractivity contribution in [1.82, 2.24) is 10.3 Å². The highest BCUT2D eigenvalue weighted by Crippen LogP contribution is 2.24. The first-order valence-corrected chi connectivity index (χ1v) is 11.8. The number of carboxylic acids is 1. The van der Waals surface area contributed by atoms with Crippen LogP contribution in [-0.2, 0) is 11.2 Å². The van der Waals surface area contributed by atoms with E-state index in [2.05, 4.69) is 10.3 Å². The van der Waals surface area contributed by atoms with Gasteiger partial charge in [-0.2, -0.15) is 0 Å². The number of hydrogen-bond donors (Lipinski definition) is 4. The van der Waals surface area contributed by atoms with Gasteiger partial charge in [0.2, 0.25) is 5.91 Å². The summed E-state index contributed by atoms with van der Waals surface area (Å²) in [6.07, 6.45) is 2.30. The smallest absolute Gasteiger partial charge is 0.339 e. The number of thioether (sulfide) groups is 1. The lowest BCUT2D eigenvalue weighted by atomic mass is 10.1. The lowest BCUT2D eigenvalue weighted by Crippen LogP contribution is -2.25. The van der Waals surface area contributed by atoms with Crippen molar-refractivity contribution >= 4 is 40.4 Å². The molecule has 1 fully saturated rings. The minimum Gasteiger partial charge on any atom is -0.507 e. The number of nitrogen functional groups attached to an aromatic ring is 1. The van der Waals surface area contributed by atoms with Gasteiger partial charge in [-0.1, -0.05) is 30.0 Å². The number of anilines is 2. The molecule has 11 heteroatoms. The Bertz CT molecular complexity index is 1210. The molecule has 3 aromatic rings. The molecule has 1 atom stereocenters. The second-order valence-electron chi connectivity index (χ2n) is 7.77. The molecule has 188 valence electrons. The van der Waals surface area contributed by atoms with E-state index in [0.29, 0.717) is 18.7 Å². The molecule has 2 amide bonds. The zero-order valence-electron chi connectivity index (χ0n) is 19.5. The summed E-state index contributed by atoms with van der Waals surface area (Å²) >= 11 is 1.05. The summed E-state index contributed by atoms with van der Waals surface area (Å²) in [5.74, 6) is 0.00972. The molecule has 10 nitrogen and oxygen atoms in total. The minimum atomic E-state index is -1.19. The van der Waals surface area contributed by atoms with Crippen LogP contribution in [0.25, 0.3) is 0 Å². The Morgan fingerprint density at radius 3 is 2.50 bits per heavy atom. The Labute approximate surface area is 212 Å². The van der Waals surface area contributed by atoms with Crippen LogP contribution in [0.4, 0.5) is 16.3 Å². The molecule has 2 aromatic carbocycles. The number of carbonyl (C=O) groups is 3.